The van der Waals surface area contributed by atoms with Crippen molar-refractivity contribution in [1.29, 1.82) is 0 Å². The molecule has 9 heteroatoms. The predicted octanol–water partition coefficient (Wildman–Crippen LogP) is 0.414. The van der Waals surface area contributed by atoms with Crippen LogP contribution in [0.4, 0.5) is 5.95 Å². The van der Waals surface area contributed by atoms with Gasteiger partial charge < -0.3 is 9.80 Å². The highest BCUT2D eigenvalue weighted by atomic mass is 32.2. The van der Waals surface area contributed by atoms with E-state index in [0.29, 0.717) is 26.2 Å². The number of carbonyl (C=O) groups is 1. The van der Waals surface area contributed by atoms with E-state index in [1.807, 2.05) is 24.8 Å². The van der Waals surface area contributed by atoms with Crippen LogP contribution in [0.3, 0.4) is 0 Å². The number of hydrogen-bond donors (Lipinski definition) is 0. The van der Waals surface area contributed by atoms with Crippen molar-refractivity contribution in [1.82, 2.24) is 19.2 Å². The van der Waals surface area contributed by atoms with Gasteiger partial charge in [0.2, 0.25) is 21.9 Å². The number of piperazine rings is 1. The van der Waals surface area contributed by atoms with Gasteiger partial charge in [0.1, 0.15) is 0 Å². The molecular weight excluding hydrogens is 354 g/mol. The number of aryl methyl sites for hydroxylation is 2. The molecule has 2 saturated heterocycles. The lowest BCUT2D eigenvalue weighted by molar-refractivity contribution is -0.137. The molecule has 0 N–H and O–H groups in total. The summed E-state index contributed by atoms with van der Waals surface area (Å²) in [5.74, 6) is 0.899. The van der Waals surface area contributed by atoms with Crippen molar-refractivity contribution in [2.75, 3.05) is 50.4 Å². The summed E-state index contributed by atoms with van der Waals surface area (Å²) < 4.78 is 24.6. The van der Waals surface area contributed by atoms with Crippen molar-refractivity contribution in [2.24, 2.45) is 5.92 Å². The van der Waals surface area contributed by atoms with Crippen LogP contribution >= 0.6 is 0 Å². The van der Waals surface area contributed by atoms with Gasteiger partial charge in [0.15, 0.2) is 0 Å². The summed E-state index contributed by atoms with van der Waals surface area (Å²) in [6, 6.07) is 1.95. The fraction of sp³-hybridized carbons (Fsp3) is 0.706. The first-order valence-corrected chi connectivity index (χ1v) is 10.9. The van der Waals surface area contributed by atoms with Gasteiger partial charge in [0.05, 0.1) is 6.26 Å². The number of aromatic nitrogens is 2. The first-order chi connectivity index (χ1) is 12.2. The molecular formula is C17H27N5O3S. The van der Waals surface area contributed by atoms with E-state index in [2.05, 4.69) is 14.9 Å². The van der Waals surface area contributed by atoms with Gasteiger partial charge >= 0.3 is 0 Å². The zero-order valence-electron chi connectivity index (χ0n) is 15.7. The van der Waals surface area contributed by atoms with Crippen LogP contribution in [0.5, 0.6) is 0 Å². The molecule has 0 aromatic carbocycles. The molecule has 8 nitrogen and oxygen atoms in total. The number of anilines is 1. The maximum Gasteiger partial charge on any atom is 0.225 e. The molecule has 26 heavy (non-hydrogen) atoms. The van der Waals surface area contributed by atoms with Crippen molar-refractivity contribution in [3.05, 3.63) is 17.5 Å². The Morgan fingerprint density at radius 3 is 2.04 bits per heavy atom. The highest BCUT2D eigenvalue weighted by Gasteiger charge is 2.32. The number of rotatable bonds is 3. The van der Waals surface area contributed by atoms with Crippen LogP contribution in [0.1, 0.15) is 24.2 Å². The van der Waals surface area contributed by atoms with Gasteiger partial charge in [0.25, 0.3) is 0 Å². The van der Waals surface area contributed by atoms with Gasteiger partial charge in [-0.1, -0.05) is 0 Å². The summed E-state index contributed by atoms with van der Waals surface area (Å²) in [5, 5.41) is 0. The van der Waals surface area contributed by atoms with Crippen LogP contribution < -0.4 is 4.90 Å². The van der Waals surface area contributed by atoms with Crippen molar-refractivity contribution >= 4 is 21.9 Å². The first-order valence-electron chi connectivity index (χ1n) is 9.05. The molecule has 0 saturated carbocycles. The summed E-state index contributed by atoms with van der Waals surface area (Å²) in [6.45, 7) is 7.19. The molecule has 144 valence electrons. The minimum atomic E-state index is -3.17. The first kappa shape index (κ1) is 19.0. The van der Waals surface area contributed by atoms with Crippen LogP contribution in [0.25, 0.3) is 0 Å². The van der Waals surface area contributed by atoms with E-state index >= 15 is 0 Å². The highest BCUT2D eigenvalue weighted by molar-refractivity contribution is 7.88. The molecule has 0 unspecified atom stereocenters. The Morgan fingerprint density at radius 1 is 1.00 bits per heavy atom. The largest absolute Gasteiger partial charge is 0.341 e. The summed E-state index contributed by atoms with van der Waals surface area (Å²) >= 11 is 0. The fourth-order valence-electron chi connectivity index (χ4n) is 3.67. The number of amides is 1. The zero-order chi connectivity index (χ0) is 18.9. The molecule has 1 amide bonds. The van der Waals surface area contributed by atoms with Gasteiger partial charge in [-0.3, -0.25) is 4.79 Å². The van der Waals surface area contributed by atoms with Gasteiger partial charge in [-0.05, 0) is 32.8 Å². The van der Waals surface area contributed by atoms with Gasteiger partial charge in [0, 0.05) is 56.6 Å². The summed E-state index contributed by atoms with van der Waals surface area (Å²) in [7, 11) is -3.17. The number of nitrogens with zero attached hydrogens (tertiary/aromatic N) is 5. The molecule has 2 aliphatic heterocycles. The predicted molar refractivity (Wildman–Crippen MR) is 99.4 cm³/mol. The van der Waals surface area contributed by atoms with Crippen LogP contribution in [0, 0.1) is 19.8 Å². The van der Waals surface area contributed by atoms with Gasteiger partial charge in [-0.25, -0.2) is 18.4 Å². The number of hydrogen-bond acceptors (Lipinski definition) is 6. The van der Waals surface area contributed by atoms with E-state index in [1.165, 1.54) is 10.6 Å². The standard InChI is InChI=1S/C17H27N5O3S/c1-13-12-14(2)19-17(18-13)21-6-4-15(5-7-21)16(23)20-8-10-22(11-9-20)26(3,24)25/h12,15H,4-11H2,1-3H3. The van der Waals surface area contributed by atoms with E-state index < -0.39 is 10.0 Å². The van der Waals surface area contributed by atoms with Crippen LogP contribution in [0.15, 0.2) is 6.07 Å². The summed E-state index contributed by atoms with van der Waals surface area (Å²) in [4.78, 5) is 25.7. The zero-order valence-corrected chi connectivity index (χ0v) is 16.5. The van der Waals surface area contributed by atoms with Crippen LogP contribution in [-0.2, 0) is 14.8 Å². The van der Waals surface area contributed by atoms with E-state index in [0.717, 1.165) is 43.3 Å². The molecule has 1 aromatic heterocycles. The maximum absolute atomic E-state index is 12.8. The minimum Gasteiger partial charge on any atom is -0.341 e. The van der Waals surface area contributed by atoms with E-state index in [4.69, 9.17) is 0 Å². The Labute approximate surface area is 155 Å². The third kappa shape index (κ3) is 4.32. The monoisotopic (exact) mass is 381 g/mol. The smallest absolute Gasteiger partial charge is 0.225 e. The Balaban J connectivity index is 1.54. The second kappa shape index (κ2) is 7.48. The molecule has 3 heterocycles. The topological polar surface area (TPSA) is 86.7 Å². The lowest BCUT2D eigenvalue weighted by atomic mass is 9.95. The van der Waals surface area contributed by atoms with E-state index in [1.54, 1.807) is 0 Å². The minimum absolute atomic E-state index is 0.00180. The highest BCUT2D eigenvalue weighted by Crippen LogP contribution is 2.23. The van der Waals surface area contributed by atoms with Crippen LogP contribution in [-0.4, -0.2) is 79.0 Å². The molecule has 3 rings (SSSR count). The Kier molecular flexibility index (Phi) is 5.47. The molecule has 2 fully saturated rings. The molecule has 0 atom stereocenters. The van der Waals surface area contributed by atoms with Crippen LogP contribution in [0.2, 0.25) is 0 Å². The average Bonchev–Trinajstić information content (AvgIpc) is 2.60. The summed E-state index contributed by atoms with van der Waals surface area (Å²) in [6.07, 6.45) is 2.78. The Morgan fingerprint density at radius 2 is 1.54 bits per heavy atom. The lowest BCUT2D eigenvalue weighted by Gasteiger charge is -2.37. The average molecular weight is 382 g/mol. The van der Waals surface area contributed by atoms with Crippen molar-refractivity contribution in [3.63, 3.8) is 0 Å². The molecule has 0 bridgehead atoms. The van der Waals surface area contributed by atoms with Crippen molar-refractivity contribution in [2.45, 2.75) is 26.7 Å². The van der Waals surface area contributed by atoms with E-state index in [9.17, 15) is 13.2 Å². The van der Waals surface area contributed by atoms with Gasteiger partial charge in [-0.2, -0.15) is 4.31 Å². The second-order valence-electron chi connectivity index (χ2n) is 7.20. The third-order valence-electron chi connectivity index (χ3n) is 5.12. The third-order valence-corrected chi connectivity index (χ3v) is 6.42. The quantitative estimate of drug-likeness (QED) is 0.754. The Hall–Kier alpha value is -1.74. The Bertz CT molecular complexity index is 746. The second-order valence-corrected chi connectivity index (χ2v) is 9.18. The molecule has 0 radical (unpaired) electrons. The normalized spacial score (nSPS) is 20.4. The molecule has 2 aliphatic rings. The SMILES string of the molecule is Cc1cc(C)nc(N2CCC(C(=O)N3CCN(S(C)(=O)=O)CC3)CC2)n1. The number of piperidine rings is 1. The number of carbonyl (C=O) groups excluding carboxylic acids is 1. The fourth-order valence-corrected chi connectivity index (χ4v) is 4.50. The molecule has 1 aromatic rings. The van der Waals surface area contributed by atoms with E-state index in [-0.39, 0.29) is 11.8 Å². The molecule has 0 spiro atoms. The summed E-state index contributed by atoms with van der Waals surface area (Å²) in [5.41, 5.74) is 1.91. The maximum atomic E-state index is 12.8. The van der Waals surface area contributed by atoms with Crippen molar-refractivity contribution in [3.8, 4) is 0 Å². The van der Waals surface area contributed by atoms with Gasteiger partial charge in [-0.15, -0.1) is 0 Å². The lowest BCUT2D eigenvalue weighted by Crippen LogP contribution is -2.52. The molecule has 0 aliphatic carbocycles. The number of sulfonamides is 1. The van der Waals surface area contributed by atoms with Crippen molar-refractivity contribution < 1.29 is 13.2 Å².